The Morgan fingerprint density at radius 2 is 1.44 bits per heavy atom. The first-order chi connectivity index (χ1) is 17.2. The summed E-state index contributed by atoms with van der Waals surface area (Å²) in [5, 5.41) is 5.00. The van der Waals surface area contributed by atoms with Crippen LogP contribution in [0, 0.1) is 5.92 Å². The Balaban J connectivity index is 0.000000181. The van der Waals surface area contributed by atoms with Crippen LogP contribution < -0.4 is 0 Å². The second-order valence-corrected chi connectivity index (χ2v) is 11.3. The second kappa shape index (κ2) is 11.3. The maximum Gasteiger partial charge on any atom is 0.523 e. The van der Waals surface area contributed by atoms with Crippen molar-refractivity contribution in [2.75, 3.05) is 6.61 Å². The Hall–Kier alpha value is -2.45. The van der Waals surface area contributed by atoms with E-state index in [9.17, 15) is 26.4 Å². The van der Waals surface area contributed by atoms with E-state index in [2.05, 4.69) is 58.8 Å². The average Bonchev–Trinajstić information content (AvgIpc) is 2.87. The third-order valence-electron chi connectivity index (χ3n) is 7.18. The standard InChI is InChI=1S/C20H18O.C8H13F3O3S/c21-20-11-4-3-9-18(20)17-10-5-8-16-12-14-6-1-2-7-15(14)13-19(16)17;9-8(10,11)15(12,13)14-6-7-4-2-1-3-5-7/h1-2,5-8,10,12-13,18H,3-4,9,11H2;7H,1-6H2. The predicted octanol–water partition coefficient (Wildman–Crippen LogP) is 7.65. The van der Waals surface area contributed by atoms with Gasteiger partial charge < -0.3 is 0 Å². The van der Waals surface area contributed by atoms with Crippen molar-refractivity contribution in [3.05, 3.63) is 60.2 Å². The molecule has 0 N–H and O–H groups in total. The highest BCUT2D eigenvalue weighted by atomic mass is 32.2. The van der Waals surface area contributed by atoms with Crippen LogP contribution in [0.3, 0.4) is 0 Å². The number of halogens is 3. The molecular formula is C28H31F3O4S. The first-order valence-electron chi connectivity index (χ1n) is 12.6. The molecule has 0 bridgehead atoms. The van der Waals surface area contributed by atoms with Crippen molar-refractivity contribution < 1.29 is 30.6 Å². The normalized spacial score (nSPS) is 19.8. The fourth-order valence-electron chi connectivity index (χ4n) is 5.21. The van der Waals surface area contributed by atoms with Gasteiger partial charge in [-0.2, -0.15) is 21.6 Å². The summed E-state index contributed by atoms with van der Waals surface area (Å²) >= 11 is 0. The molecule has 3 aromatic rings. The molecule has 0 radical (unpaired) electrons. The van der Waals surface area contributed by atoms with E-state index in [0.29, 0.717) is 5.78 Å². The van der Waals surface area contributed by atoms with Crippen LogP contribution in [-0.4, -0.2) is 26.3 Å². The third-order valence-corrected chi connectivity index (χ3v) is 8.19. The molecule has 2 fully saturated rings. The molecule has 2 aliphatic rings. The number of hydrogen-bond donors (Lipinski definition) is 0. The Morgan fingerprint density at radius 3 is 2.11 bits per heavy atom. The molecule has 1 atom stereocenters. The molecule has 0 heterocycles. The van der Waals surface area contributed by atoms with E-state index in [0.717, 1.165) is 51.4 Å². The summed E-state index contributed by atoms with van der Waals surface area (Å²) in [5.41, 5.74) is -4.08. The van der Waals surface area contributed by atoms with Gasteiger partial charge in [0.25, 0.3) is 0 Å². The van der Waals surface area contributed by atoms with Crippen LogP contribution in [0.4, 0.5) is 13.2 Å². The molecule has 194 valence electrons. The summed E-state index contributed by atoms with van der Waals surface area (Å²) in [4.78, 5) is 12.3. The Kier molecular flexibility index (Phi) is 8.35. The van der Waals surface area contributed by atoms with Gasteiger partial charge in [-0.1, -0.05) is 68.1 Å². The smallest absolute Gasteiger partial charge is 0.299 e. The number of ketones is 1. The van der Waals surface area contributed by atoms with Crippen molar-refractivity contribution in [1.82, 2.24) is 0 Å². The zero-order valence-electron chi connectivity index (χ0n) is 20.1. The number of rotatable bonds is 4. The largest absolute Gasteiger partial charge is 0.523 e. The zero-order valence-corrected chi connectivity index (χ0v) is 20.9. The number of carbonyl (C=O) groups excluding carboxylic acids is 1. The minimum absolute atomic E-state index is 0.0594. The van der Waals surface area contributed by atoms with E-state index < -0.39 is 15.6 Å². The van der Waals surface area contributed by atoms with Crippen LogP contribution in [0.2, 0.25) is 0 Å². The maximum absolute atomic E-state index is 12.3. The van der Waals surface area contributed by atoms with Gasteiger partial charge in [0.2, 0.25) is 0 Å². The van der Waals surface area contributed by atoms with E-state index in [-0.39, 0.29) is 18.4 Å². The first-order valence-corrected chi connectivity index (χ1v) is 14.0. The molecule has 0 spiro atoms. The molecule has 0 aliphatic heterocycles. The van der Waals surface area contributed by atoms with Crippen LogP contribution in [0.25, 0.3) is 21.5 Å². The predicted molar refractivity (Wildman–Crippen MR) is 135 cm³/mol. The van der Waals surface area contributed by atoms with Crippen LogP contribution in [0.5, 0.6) is 0 Å². The van der Waals surface area contributed by atoms with Crippen LogP contribution in [0.15, 0.2) is 54.6 Å². The average molecular weight is 521 g/mol. The summed E-state index contributed by atoms with van der Waals surface area (Å²) in [6.45, 7) is -0.345. The Labute approximate surface area is 210 Å². The number of hydrogen-bond acceptors (Lipinski definition) is 4. The van der Waals surface area contributed by atoms with Crippen LogP contribution in [-0.2, 0) is 19.1 Å². The first kappa shape index (κ1) is 26.6. The lowest BCUT2D eigenvalue weighted by molar-refractivity contribution is -0.121. The number of benzene rings is 3. The molecule has 2 saturated carbocycles. The number of Topliss-reactive ketones (excluding diaryl/α,β-unsaturated/α-hetero) is 1. The molecule has 4 nitrogen and oxygen atoms in total. The van der Waals surface area contributed by atoms with Gasteiger partial charge in [0, 0.05) is 12.3 Å². The van der Waals surface area contributed by atoms with Gasteiger partial charge in [-0.15, -0.1) is 0 Å². The minimum atomic E-state index is -5.40. The molecule has 8 heteroatoms. The molecule has 5 rings (SSSR count). The van der Waals surface area contributed by atoms with E-state index in [1.165, 1.54) is 33.5 Å². The van der Waals surface area contributed by atoms with Gasteiger partial charge in [0.15, 0.2) is 0 Å². The second-order valence-electron chi connectivity index (χ2n) is 9.72. The van der Waals surface area contributed by atoms with Crippen molar-refractivity contribution in [2.24, 2.45) is 5.92 Å². The molecule has 3 aromatic carbocycles. The SMILES string of the molecule is O=C1CCCCC1c1cccc2cc3ccccc3cc12.O=S(=O)(OCC1CCCCC1)C(F)(F)F. The van der Waals surface area contributed by atoms with Crippen molar-refractivity contribution in [3.63, 3.8) is 0 Å². The van der Waals surface area contributed by atoms with Crippen LogP contribution >= 0.6 is 0 Å². The molecule has 0 amide bonds. The van der Waals surface area contributed by atoms with E-state index in [4.69, 9.17) is 0 Å². The zero-order chi connectivity index (χ0) is 25.8. The molecular weight excluding hydrogens is 489 g/mol. The Bertz CT molecular complexity index is 1310. The van der Waals surface area contributed by atoms with Crippen LogP contribution in [0.1, 0.15) is 69.3 Å². The number of carbonyl (C=O) groups is 1. The topological polar surface area (TPSA) is 60.4 Å². The minimum Gasteiger partial charge on any atom is -0.299 e. The van der Waals surface area contributed by atoms with Gasteiger partial charge in [0.1, 0.15) is 5.78 Å². The van der Waals surface area contributed by atoms with Gasteiger partial charge in [-0.25, -0.2) is 0 Å². The van der Waals surface area contributed by atoms with Gasteiger partial charge in [-0.05, 0) is 70.8 Å². The number of fused-ring (bicyclic) bond motifs is 2. The molecule has 0 saturated heterocycles. The summed E-state index contributed by atoms with van der Waals surface area (Å²) in [7, 11) is -5.40. The highest BCUT2D eigenvalue weighted by molar-refractivity contribution is 7.87. The van der Waals surface area contributed by atoms with E-state index >= 15 is 0 Å². The van der Waals surface area contributed by atoms with Crippen molar-refractivity contribution in [2.45, 2.75) is 69.2 Å². The maximum atomic E-state index is 12.3. The highest BCUT2D eigenvalue weighted by Gasteiger charge is 2.47. The van der Waals surface area contributed by atoms with Gasteiger partial charge in [0.05, 0.1) is 6.61 Å². The lowest BCUT2D eigenvalue weighted by Crippen LogP contribution is -2.28. The van der Waals surface area contributed by atoms with E-state index in [1.54, 1.807) is 0 Å². The lowest BCUT2D eigenvalue weighted by atomic mass is 9.81. The van der Waals surface area contributed by atoms with Crippen molar-refractivity contribution in [3.8, 4) is 0 Å². The molecule has 1 unspecified atom stereocenters. The summed E-state index contributed by atoms with van der Waals surface area (Å²) in [6, 6.07) is 19.3. The monoisotopic (exact) mass is 520 g/mol. The molecule has 0 aromatic heterocycles. The van der Waals surface area contributed by atoms with Gasteiger partial charge in [-0.3, -0.25) is 8.98 Å². The van der Waals surface area contributed by atoms with Crippen molar-refractivity contribution >= 4 is 37.4 Å². The fourth-order valence-corrected chi connectivity index (χ4v) is 5.72. The molecule has 2 aliphatic carbocycles. The summed E-state index contributed by atoms with van der Waals surface area (Å²) in [5.74, 6) is 0.460. The summed E-state index contributed by atoms with van der Waals surface area (Å²) in [6.07, 6.45) is 8.38. The number of alkyl halides is 3. The fraction of sp³-hybridized carbons (Fsp3) is 0.464. The lowest BCUT2D eigenvalue weighted by Gasteiger charge is -2.22. The highest BCUT2D eigenvalue weighted by Crippen LogP contribution is 2.36. The quantitative estimate of drug-likeness (QED) is 0.201. The summed E-state index contributed by atoms with van der Waals surface area (Å²) < 4.78 is 60.7. The molecule has 36 heavy (non-hydrogen) atoms. The van der Waals surface area contributed by atoms with Crippen molar-refractivity contribution in [1.29, 1.82) is 0 Å². The van der Waals surface area contributed by atoms with Gasteiger partial charge >= 0.3 is 15.6 Å². The Morgan fingerprint density at radius 1 is 0.806 bits per heavy atom. The third kappa shape index (κ3) is 6.27. The van der Waals surface area contributed by atoms with E-state index in [1.807, 2.05) is 0 Å².